The lowest BCUT2D eigenvalue weighted by Gasteiger charge is -2.15. The van der Waals surface area contributed by atoms with Crippen LogP contribution in [0.1, 0.15) is 65.2 Å². The molecular weight excluding hydrogens is 480 g/mol. The molecule has 0 aliphatic heterocycles. The molecule has 38 heavy (non-hydrogen) atoms. The minimum atomic E-state index is -0.307. The molecule has 1 aromatic heterocycles. The summed E-state index contributed by atoms with van der Waals surface area (Å²) in [5.41, 5.74) is 6.12. The van der Waals surface area contributed by atoms with Crippen LogP contribution in [0.4, 0.5) is 5.69 Å². The number of aromatic nitrogens is 1. The third-order valence-corrected chi connectivity index (χ3v) is 7.28. The van der Waals surface area contributed by atoms with Crippen molar-refractivity contribution >= 4 is 22.7 Å². The number of benzene rings is 3. The number of rotatable bonds is 6. The van der Waals surface area contributed by atoms with Gasteiger partial charge < -0.3 is 9.73 Å². The van der Waals surface area contributed by atoms with Gasteiger partial charge in [-0.25, -0.2) is 4.98 Å². The van der Waals surface area contributed by atoms with Gasteiger partial charge in [-0.2, -0.15) is 5.26 Å². The largest absolute Gasteiger partial charge is 0.436 e. The van der Waals surface area contributed by atoms with E-state index in [0.29, 0.717) is 41.1 Å². The van der Waals surface area contributed by atoms with Crippen molar-refractivity contribution in [3.8, 4) is 17.5 Å². The summed E-state index contributed by atoms with van der Waals surface area (Å²) in [7, 11) is 0. The lowest BCUT2D eigenvalue weighted by atomic mass is 9.99. The van der Waals surface area contributed by atoms with Gasteiger partial charge in [0.2, 0.25) is 5.89 Å². The molecule has 1 N–H and O–H groups in total. The lowest BCUT2D eigenvalue weighted by Crippen LogP contribution is -2.29. The molecule has 1 amide bonds. The zero-order valence-corrected chi connectivity index (χ0v) is 21.4. The van der Waals surface area contributed by atoms with Gasteiger partial charge in [-0.15, -0.1) is 0 Å². The first kappa shape index (κ1) is 25.2. The van der Waals surface area contributed by atoms with Crippen molar-refractivity contribution in [1.29, 1.82) is 5.26 Å². The quantitative estimate of drug-likeness (QED) is 0.185. The van der Waals surface area contributed by atoms with Crippen LogP contribution in [-0.2, 0) is 12.8 Å². The van der Waals surface area contributed by atoms with Crippen LogP contribution in [0.5, 0.6) is 0 Å². The van der Waals surface area contributed by atoms with Crippen LogP contribution in [0.15, 0.2) is 59.0 Å². The third-order valence-electron chi connectivity index (χ3n) is 7.28. The molecule has 0 bridgehead atoms. The van der Waals surface area contributed by atoms with Gasteiger partial charge in [0, 0.05) is 34.9 Å². The smallest absolute Gasteiger partial charge is 0.272 e. The molecule has 0 spiro atoms. The van der Waals surface area contributed by atoms with Gasteiger partial charge in [-0.1, -0.05) is 26.0 Å². The number of carbonyl (C=O) groups excluding carboxylic acids is 1. The van der Waals surface area contributed by atoms with Crippen LogP contribution in [0.3, 0.4) is 0 Å². The molecule has 1 aliphatic rings. The number of fused-ring (bicyclic) bond motifs is 2. The highest BCUT2D eigenvalue weighted by molar-refractivity contribution is 5.94. The first-order chi connectivity index (χ1) is 18.3. The molecule has 0 saturated heterocycles. The molecule has 4 aromatic rings. The van der Waals surface area contributed by atoms with E-state index in [1.807, 2.05) is 26.0 Å². The molecule has 1 unspecified atom stereocenters. The Labute approximate surface area is 220 Å². The third kappa shape index (κ3) is 5.00. The number of carbonyl (C=O) groups is 1. The summed E-state index contributed by atoms with van der Waals surface area (Å²) in [5.74, 6) is 0.701. The minimum Gasteiger partial charge on any atom is -0.436 e. The topological polar surface area (TPSA) is 122 Å². The van der Waals surface area contributed by atoms with Crippen LogP contribution in [0.2, 0.25) is 0 Å². The summed E-state index contributed by atoms with van der Waals surface area (Å²) in [6, 6.07) is 18.1. The Balaban J connectivity index is 1.25. The minimum absolute atomic E-state index is 0.164. The number of hydrogen-bond donors (Lipinski definition) is 1. The number of aryl methyl sites for hydroxylation is 1. The number of nitriles is 1. The van der Waals surface area contributed by atoms with Gasteiger partial charge in [0.15, 0.2) is 5.58 Å². The zero-order valence-electron chi connectivity index (χ0n) is 21.4. The number of nitro benzene ring substituents is 1. The van der Waals surface area contributed by atoms with Crippen LogP contribution in [-0.4, -0.2) is 22.4 Å². The van der Waals surface area contributed by atoms with E-state index in [9.17, 15) is 20.2 Å². The number of nitrogens with zero attached hydrogens (tertiary/aromatic N) is 3. The summed E-state index contributed by atoms with van der Waals surface area (Å²) in [4.78, 5) is 28.5. The van der Waals surface area contributed by atoms with Gasteiger partial charge in [-0.3, -0.25) is 14.9 Å². The Morgan fingerprint density at radius 2 is 1.95 bits per heavy atom. The summed E-state index contributed by atoms with van der Waals surface area (Å²) >= 11 is 0. The summed E-state index contributed by atoms with van der Waals surface area (Å²) < 4.78 is 6.07. The number of nitrogens with one attached hydrogen (secondary N) is 1. The maximum atomic E-state index is 12.8. The van der Waals surface area contributed by atoms with Gasteiger partial charge in [0.05, 0.1) is 16.6 Å². The molecule has 1 aliphatic carbocycles. The second kappa shape index (κ2) is 10.5. The van der Waals surface area contributed by atoms with Crippen LogP contribution < -0.4 is 5.32 Å². The highest BCUT2D eigenvalue weighted by atomic mass is 16.6. The van der Waals surface area contributed by atoms with Crippen molar-refractivity contribution in [3.05, 3.63) is 92.5 Å². The molecule has 8 heteroatoms. The number of hydrogen-bond acceptors (Lipinski definition) is 6. The average molecular weight is 509 g/mol. The van der Waals surface area contributed by atoms with E-state index in [1.165, 1.54) is 0 Å². The van der Waals surface area contributed by atoms with Crippen molar-refractivity contribution in [1.82, 2.24) is 10.3 Å². The summed E-state index contributed by atoms with van der Waals surface area (Å²) in [6.07, 6.45) is 3.07. The SMILES string of the molecule is CC(C)c1cc(C#N)cc2nc(-c3ccc(C(=O)NCC4CCc5cccc([N+](=O)[O-])c5CC4)cc3)oc12. The molecule has 3 aromatic carbocycles. The molecule has 0 fully saturated rings. The van der Waals surface area contributed by atoms with Crippen molar-refractivity contribution in [2.45, 2.75) is 45.4 Å². The van der Waals surface area contributed by atoms with Crippen LogP contribution in [0, 0.1) is 27.4 Å². The van der Waals surface area contributed by atoms with E-state index in [1.54, 1.807) is 42.5 Å². The maximum Gasteiger partial charge on any atom is 0.272 e. The van der Waals surface area contributed by atoms with Crippen molar-refractivity contribution < 1.29 is 14.1 Å². The zero-order chi connectivity index (χ0) is 26.8. The Bertz CT molecular complexity index is 1560. The van der Waals surface area contributed by atoms with E-state index in [-0.39, 0.29) is 28.4 Å². The van der Waals surface area contributed by atoms with Gasteiger partial charge in [0.1, 0.15) is 5.52 Å². The van der Waals surface area contributed by atoms with Crippen LogP contribution >= 0.6 is 0 Å². The fraction of sp³-hybridized carbons (Fsp3) is 0.300. The molecule has 5 rings (SSSR count). The Morgan fingerprint density at radius 1 is 1.18 bits per heavy atom. The molecule has 0 radical (unpaired) electrons. The number of oxazole rings is 1. The van der Waals surface area contributed by atoms with E-state index in [4.69, 9.17) is 4.42 Å². The van der Waals surface area contributed by atoms with E-state index < -0.39 is 0 Å². The van der Waals surface area contributed by atoms with Gasteiger partial charge in [0.25, 0.3) is 11.6 Å². The predicted octanol–water partition coefficient (Wildman–Crippen LogP) is 6.32. The maximum absolute atomic E-state index is 12.8. The highest BCUT2D eigenvalue weighted by Gasteiger charge is 2.23. The molecule has 192 valence electrons. The second-order valence-corrected chi connectivity index (χ2v) is 10.1. The Morgan fingerprint density at radius 3 is 2.66 bits per heavy atom. The second-order valence-electron chi connectivity index (χ2n) is 10.1. The van der Waals surface area contributed by atoms with Gasteiger partial charge >= 0.3 is 0 Å². The first-order valence-corrected chi connectivity index (χ1v) is 12.8. The fourth-order valence-corrected chi connectivity index (χ4v) is 5.15. The molecule has 8 nitrogen and oxygen atoms in total. The molecular formula is C30H28N4O4. The molecule has 0 saturated carbocycles. The monoisotopic (exact) mass is 508 g/mol. The predicted molar refractivity (Wildman–Crippen MR) is 144 cm³/mol. The lowest BCUT2D eigenvalue weighted by molar-refractivity contribution is -0.385. The number of amides is 1. The number of nitro groups is 1. The van der Waals surface area contributed by atoms with Crippen molar-refractivity contribution in [2.24, 2.45) is 5.92 Å². The fourth-order valence-electron chi connectivity index (χ4n) is 5.15. The first-order valence-electron chi connectivity index (χ1n) is 12.8. The Hall–Kier alpha value is -4.51. The normalized spacial score (nSPS) is 15.1. The van der Waals surface area contributed by atoms with Crippen molar-refractivity contribution in [3.63, 3.8) is 0 Å². The van der Waals surface area contributed by atoms with E-state index in [0.717, 1.165) is 41.5 Å². The average Bonchev–Trinajstić information content (AvgIpc) is 3.24. The van der Waals surface area contributed by atoms with E-state index >= 15 is 0 Å². The van der Waals surface area contributed by atoms with E-state index in [2.05, 4.69) is 16.4 Å². The standard InChI is InChI=1S/C30H28N4O4/c1-18(2)25-14-20(16-31)15-26-28(25)38-30(33-26)23-11-9-22(10-12-23)29(35)32-17-19-6-8-21-4-3-5-27(34(36)37)24(21)13-7-19/h3-5,9-12,14-15,18-19H,6-8,13,17H2,1-2H3,(H,32,35). The Kier molecular flexibility index (Phi) is 6.93. The van der Waals surface area contributed by atoms with Crippen LogP contribution in [0.25, 0.3) is 22.6 Å². The molecule has 1 heterocycles. The highest BCUT2D eigenvalue weighted by Crippen LogP contribution is 2.32. The summed E-state index contributed by atoms with van der Waals surface area (Å²) in [6.45, 7) is 4.61. The van der Waals surface area contributed by atoms with Gasteiger partial charge in [-0.05, 0) is 79.5 Å². The molecule has 1 atom stereocenters. The summed E-state index contributed by atoms with van der Waals surface area (Å²) in [5, 5.41) is 23.8. The van der Waals surface area contributed by atoms with Crippen molar-refractivity contribution in [2.75, 3.05) is 6.54 Å².